The number of likely N-dealkylation sites (tertiary alicyclic amines) is 1. The summed E-state index contributed by atoms with van der Waals surface area (Å²) in [6, 6.07) is 16.4. The largest absolute Gasteiger partial charge is 0.345 e. The first kappa shape index (κ1) is 20.0. The Labute approximate surface area is 184 Å². The third kappa shape index (κ3) is 3.91. The fourth-order valence-electron chi connectivity index (χ4n) is 5.52. The number of allylic oxidation sites excluding steroid dienone is 2. The lowest BCUT2D eigenvalue weighted by molar-refractivity contribution is -0.130. The Morgan fingerprint density at radius 2 is 1.58 bits per heavy atom. The van der Waals surface area contributed by atoms with E-state index in [0.717, 1.165) is 30.5 Å². The number of nitrogens with one attached hydrogen (secondary N) is 1. The van der Waals surface area contributed by atoms with Gasteiger partial charge in [0.05, 0.1) is 6.04 Å². The molecule has 0 bridgehead atoms. The van der Waals surface area contributed by atoms with Crippen LogP contribution in [0.1, 0.15) is 68.5 Å². The van der Waals surface area contributed by atoms with Gasteiger partial charge < -0.3 is 10.2 Å². The summed E-state index contributed by atoms with van der Waals surface area (Å²) in [6.07, 6.45) is 9.52. The number of carbonyl (C=O) groups is 2. The van der Waals surface area contributed by atoms with Gasteiger partial charge in [0.2, 0.25) is 11.8 Å². The number of hydrogen-bond acceptors (Lipinski definition) is 2. The van der Waals surface area contributed by atoms with Crippen molar-refractivity contribution in [2.75, 3.05) is 6.54 Å². The number of hydrogen-bond donors (Lipinski definition) is 1. The lowest BCUT2D eigenvalue weighted by atomic mass is 9.85. The summed E-state index contributed by atoms with van der Waals surface area (Å²) in [6.45, 7) is 0.836. The quantitative estimate of drug-likeness (QED) is 0.717. The van der Waals surface area contributed by atoms with E-state index in [-0.39, 0.29) is 17.9 Å². The maximum absolute atomic E-state index is 12.9. The van der Waals surface area contributed by atoms with Gasteiger partial charge >= 0.3 is 0 Å². The molecule has 5 rings (SSSR count). The van der Waals surface area contributed by atoms with Crippen LogP contribution in [0.4, 0.5) is 0 Å². The van der Waals surface area contributed by atoms with Gasteiger partial charge in [-0.05, 0) is 66.7 Å². The molecule has 4 heteroatoms. The molecule has 1 aliphatic heterocycles. The molecule has 1 unspecified atom stereocenters. The van der Waals surface area contributed by atoms with Gasteiger partial charge in [0.1, 0.15) is 0 Å². The van der Waals surface area contributed by atoms with E-state index in [1.807, 2.05) is 29.2 Å². The summed E-state index contributed by atoms with van der Waals surface area (Å²) < 4.78 is 0. The number of nitrogens with zero attached hydrogens (tertiary/aromatic N) is 1. The van der Waals surface area contributed by atoms with E-state index in [2.05, 4.69) is 35.7 Å². The molecule has 2 amide bonds. The van der Waals surface area contributed by atoms with E-state index in [1.165, 1.54) is 36.1 Å². The van der Waals surface area contributed by atoms with Gasteiger partial charge in [-0.15, -0.1) is 0 Å². The molecule has 3 aliphatic rings. The first-order chi connectivity index (χ1) is 15.2. The summed E-state index contributed by atoms with van der Waals surface area (Å²) in [4.78, 5) is 27.6. The standard InChI is InChI=1S/C27H30N2O2/c30-25(16-7-17-26(31)29-18-8-10-19-9-1-6-15-24(19)29)28-27-22-13-4-2-11-20(22)21-12-3-5-14-23(21)27/h2-5,11-15,19,27H,1,6-10,16-18H2,(H,28,30). The molecule has 1 heterocycles. The molecule has 0 radical (unpaired) electrons. The molecule has 1 saturated heterocycles. The van der Waals surface area contributed by atoms with Crippen LogP contribution in [0, 0.1) is 5.92 Å². The van der Waals surface area contributed by atoms with E-state index >= 15 is 0 Å². The highest BCUT2D eigenvalue weighted by atomic mass is 16.2. The highest BCUT2D eigenvalue weighted by Crippen LogP contribution is 2.43. The fourth-order valence-corrected chi connectivity index (χ4v) is 5.52. The van der Waals surface area contributed by atoms with Gasteiger partial charge in [-0.3, -0.25) is 9.59 Å². The van der Waals surface area contributed by atoms with Crippen LogP contribution < -0.4 is 5.32 Å². The van der Waals surface area contributed by atoms with Crippen molar-refractivity contribution in [3.63, 3.8) is 0 Å². The summed E-state index contributed by atoms with van der Waals surface area (Å²) >= 11 is 0. The molecule has 0 aromatic heterocycles. The van der Waals surface area contributed by atoms with Gasteiger partial charge in [0.15, 0.2) is 0 Å². The third-order valence-electron chi connectivity index (χ3n) is 7.01. The second-order valence-corrected chi connectivity index (χ2v) is 8.97. The molecular weight excluding hydrogens is 384 g/mol. The zero-order valence-electron chi connectivity index (χ0n) is 18.0. The van der Waals surface area contributed by atoms with Crippen molar-refractivity contribution in [2.24, 2.45) is 5.92 Å². The molecule has 4 nitrogen and oxygen atoms in total. The Kier molecular flexibility index (Phi) is 5.63. The van der Waals surface area contributed by atoms with Crippen LogP contribution in [0.2, 0.25) is 0 Å². The molecule has 2 aromatic rings. The molecule has 160 valence electrons. The van der Waals surface area contributed by atoms with Gasteiger partial charge in [0.25, 0.3) is 0 Å². The Morgan fingerprint density at radius 3 is 2.32 bits per heavy atom. The highest BCUT2D eigenvalue weighted by Gasteiger charge is 2.31. The molecule has 1 fully saturated rings. The number of amides is 2. The summed E-state index contributed by atoms with van der Waals surface area (Å²) in [5, 5.41) is 3.21. The molecule has 0 saturated carbocycles. The van der Waals surface area contributed by atoms with Crippen LogP contribution in [0.25, 0.3) is 11.1 Å². The van der Waals surface area contributed by atoms with E-state index in [4.69, 9.17) is 0 Å². The van der Waals surface area contributed by atoms with Crippen LogP contribution in [0.15, 0.2) is 60.3 Å². The van der Waals surface area contributed by atoms with E-state index in [9.17, 15) is 9.59 Å². The SMILES string of the molecule is O=C(CCCC(=O)N1CCCC2CCCC=C21)NC1c2ccccc2-c2ccccc21. The number of rotatable bonds is 5. The van der Waals surface area contributed by atoms with Crippen LogP contribution in [0.5, 0.6) is 0 Å². The molecule has 2 aromatic carbocycles. The topological polar surface area (TPSA) is 49.4 Å². The Balaban J connectivity index is 1.18. The smallest absolute Gasteiger partial charge is 0.226 e. The number of benzene rings is 2. The van der Waals surface area contributed by atoms with E-state index < -0.39 is 0 Å². The third-order valence-corrected chi connectivity index (χ3v) is 7.01. The van der Waals surface area contributed by atoms with Crippen molar-refractivity contribution < 1.29 is 9.59 Å². The highest BCUT2D eigenvalue weighted by molar-refractivity contribution is 5.84. The molecule has 1 atom stereocenters. The second-order valence-electron chi connectivity index (χ2n) is 8.97. The van der Waals surface area contributed by atoms with Gasteiger partial charge in [0, 0.05) is 25.1 Å². The molecule has 31 heavy (non-hydrogen) atoms. The first-order valence-electron chi connectivity index (χ1n) is 11.7. The minimum atomic E-state index is -0.106. The summed E-state index contributed by atoms with van der Waals surface area (Å²) in [5.41, 5.74) is 5.94. The zero-order chi connectivity index (χ0) is 21.2. The molecule has 1 N–H and O–H groups in total. The Bertz CT molecular complexity index is 980. The predicted molar refractivity (Wildman–Crippen MR) is 122 cm³/mol. The van der Waals surface area contributed by atoms with Crippen molar-refractivity contribution in [3.8, 4) is 11.1 Å². The normalized spacial score (nSPS) is 19.8. The lowest BCUT2D eigenvalue weighted by Gasteiger charge is -2.38. The first-order valence-corrected chi connectivity index (χ1v) is 11.7. The van der Waals surface area contributed by atoms with E-state index in [1.54, 1.807) is 0 Å². The van der Waals surface area contributed by atoms with Crippen molar-refractivity contribution >= 4 is 11.8 Å². The van der Waals surface area contributed by atoms with Crippen molar-refractivity contribution in [3.05, 3.63) is 71.4 Å². The lowest BCUT2D eigenvalue weighted by Crippen LogP contribution is -2.39. The van der Waals surface area contributed by atoms with Gasteiger partial charge in [-0.1, -0.05) is 54.6 Å². The fraction of sp³-hybridized carbons (Fsp3) is 0.407. The minimum Gasteiger partial charge on any atom is -0.345 e. The van der Waals surface area contributed by atoms with Crippen LogP contribution in [-0.2, 0) is 9.59 Å². The monoisotopic (exact) mass is 414 g/mol. The van der Waals surface area contributed by atoms with Crippen LogP contribution in [-0.4, -0.2) is 23.3 Å². The maximum atomic E-state index is 12.9. The van der Waals surface area contributed by atoms with Gasteiger partial charge in [-0.25, -0.2) is 0 Å². The average Bonchev–Trinajstić information content (AvgIpc) is 3.12. The summed E-state index contributed by atoms with van der Waals surface area (Å²) in [5.74, 6) is 0.761. The van der Waals surface area contributed by atoms with Crippen molar-refractivity contribution in [1.29, 1.82) is 0 Å². The molecule has 0 spiro atoms. The zero-order valence-corrected chi connectivity index (χ0v) is 18.0. The van der Waals surface area contributed by atoms with Crippen LogP contribution >= 0.6 is 0 Å². The number of carbonyl (C=O) groups excluding carboxylic acids is 2. The minimum absolute atomic E-state index is 0.0118. The molecular formula is C27H30N2O2. The van der Waals surface area contributed by atoms with Crippen molar-refractivity contribution in [1.82, 2.24) is 10.2 Å². The van der Waals surface area contributed by atoms with E-state index in [0.29, 0.717) is 25.2 Å². The number of fused-ring (bicyclic) bond motifs is 4. The van der Waals surface area contributed by atoms with Crippen molar-refractivity contribution in [2.45, 2.75) is 57.4 Å². The second kappa shape index (κ2) is 8.70. The summed E-state index contributed by atoms with van der Waals surface area (Å²) in [7, 11) is 0. The number of piperidine rings is 1. The maximum Gasteiger partial charge on any atom is 0.226 e. The Morgan fingerprint density at radius 1 is 0.903 bits per heavy atom. The Hall–Kier alpha value is -2.88. The van der Waals surface area contributed by atoms with Crippen LogP contribution in [0.3, 0.4) is 0 Å². The average molecular weight is 415 g/mol. The van der Waals surface area contributed by atoms with Gasteiger partial charge in [-0.2, -0.15) is 0 Å². The molecule has 2 aliphatic carbocycles. The predicted octanol–water partition coefficient (Wildman–Crippen LogP) is 5.35.